The van der Waals surface area contributed by atoms with Gasteiger partial charge in [0.2, 0.25) is 5.91 Å². The Morgan fingerprint density at radius 2 is 0.538 bits per heavy atom. The molecule has 0 spiro atoms. The van der Waals surface area contributed by atoms with Crippen molar-refractivity contribution in [3.05, 3.63) is 36.5 Å². The second-order valence-electron chi connectivity index (χ2n) is 29.5. The molecule has 2 unspecified atom stereocenters. The van der Waals surface area contributed by atoms with Gasteiger partial charge < -0.3 is 20.3 Å². The molecule has 550 valence electrons. The minimum absolute atomic E-state index is 0.0244. The van der Waals surface area contributed by atoms with Crippen LogP contribution in [-0.4, -0.2) is 47.4 Å². The number of carbonyl (C=O) groups is 2. The molecule has 0 aromatic heterocycles. The van der Waals surface area contributed by atoms with Crippen LogP contribution in [-0.2, 0) is 14.3 Å². The van der Waals surface area contributed by atoms with E-state index in [0.29, 0.717) is 19.4 Å². The highest BCUT2D eigenvalue weighted by atomic mass is 16.5. The number of amides is 1. The summed E-state index contributed by atoms with van der Waals surface area (Å²) in [6.45, 7) is 4.97. The molecule has 1 amide bonds. The van der Waals surface area contributed by atoms with Crippen LogP contribution in [0.4, 0.5) is 0 Å². The Morgan fingerprint density at radius 3 is 0.817 bits per heavy atom. The van der Waals surface area contributed by atoms with Crippen molar-refractivity contribution in [1.82, 2.24) is 5.32 Å². The molecule has 6 heteroatoms. The molecule has 0 aromatic carbocycles. The number of hydrogen-bond donors (Lipinski definition) is 3. The van der Waals surface area contributed by atoms with Gasteiger partial charge in [-0.2, -0.15) is 0 Å². The van der Waals surface area contributed by atoms with E-state index in [-0.39, 0.29) is 18.5 Å². The van der Waals surface area contributed by atoms with Gasteiger partial charge in [-0.05, 0) is 64.2 Å². The molecule has 93 heavy (non-hydrogen) atoms. The molecule has 0 radical (unpaired) electrons. The predicted molar refractivity (Wildman–Crippen MR) is 412 cm³/mol. The number of rotatable bonds is 81. The van der Waals surface area contributed by atoms with Crippen molar-refractivity contribution in [2.75, 3.05) is 13.2 Å². The Labute approximate surface area is 583 Å². The summed E-state index contributed by atoms with van der Waals surface area (Å²) in [6, 6.07) is -0.627. The van der Waals surface area contributed by atoms with Gasteiger partial charge in [-0.3, -0.25) is 9.59 Å². The summed E-state index contributed by atoms with van der Waals surface area (Å²) >= 11 is 0. The number of unbranched alkanes of at least 4 members (excludes halogenated alkanes) is 66. The van der Waals surface area contributed by atoms with Crippen molar-refractivity contribution >= 4 is 11.9 Å². The van der Waals surface area contributed by atoms with Crippen LogP contribution in [0.25, 0.3) is 0 Å². The first-order valence-electron chi connectivity index (χ1n) is 42.8. The summed E-state index contributed by atoms with van der Waals surface area (Å²) in [5.74, 6) is -0.0363. The van der Waals surface area contributed by atoms with Gasteiger partial charge in [-0.15, -0.1) is 0 Å². The molecule has 0 aliphatic heterocycles. The van der Waals surface area contributed by atoms with E-state index >= 15 is 0 Å². The lowest BCUT2D eigenvalue weighted by atomic mass is 10.0. The van der Waals surface area contributed by atoms with Crippen molar-refractivity contribution in [2.45, 2.75) is 495 Å². The van der Waals surface area contributed by atoms with Gasteiger partial charge in [0.15, 0.2) is 0 Å². The second-order valence-corrected chi connectivity index (χ2v) is 29.5. The summed E-state index contributed by atoms with van der Waals surface area (Å²) < 4.78 is 5.52. The molecule has 0 saturated carbocycles. The minimum Gasteiger partial charge on any atom is -0.466 e. The molecule has 0 heterocycles. The fourth-order valence-corrected chi connectivity index (χ4v) is 13.7. The van der Waals surface area contributed by atoms with Crippen molar-refractivity contribution in [3.8, 4) is 0 Å². The van der Waals surface area contributed by atoms with Gasteiger partial charge in [0.05, 0.1) is 25.4 Å². The SMILES string of the molecule is CCCCCCCCCCCCCCCCCCCC/C=C/C(O)C(CO)NC(=O)CCCCCCCCCCCCCCCCCCC/C=C\C/C=C\CCCCCCCCCCCCCCCOC(=O)CCCCCCCCCCCCCCCCCCCCC. The number of aliphatic hydroxyl groups excluding tert-OH is 2. The molecular formula is C87H167NO5. The van der Waals surface area contributed by atoms with Crippen LogP contribution in [0.5, 0.6) is 0 Å². The molecule has 0 bridgehead atoms. The molecule has 0 aromatic rings. The fraction of sp³-hybridized carbons (Fsp3) is 0.908. The third-order valence-electron chi connectivity index (χ3n) is 20.2. The van der Waals surface area contributed by atoms with Gasteiger partial charge in [0, 0.05) is 12.8 Å². The summed E-state index contributed by atoms with van der Waals surface area (Å²) in [6.07, 6.45) is 109. The first-order valence-corrected chi connectivity index (χ1v) is 42.8. The number of nitrogens with one attached hydrogen (secondary N) is 1. The van der Waals surface area contributed by atoms with Crippen molar-refractivity contribution in [2.24, 2.45) is 0 Å². The van der Waals surface area contributed by atoms with Crippen LogP contribution in [0.1, 0.15) is 483 Å². The molecule has 0 aliphatic rings. The van der Waals surface area contributed by atoms with Crippen LogP contribution in [0, 0.1) is 0 Å². The molecule has 3 N–H and O–H groups in total. The van der Waals surface area contributed by atoms with Gasteiger partial charge in [-0.1, -0.05) is 442 Å². The molecule has 0 fully saturated rings. The van der Waals surface area contributed by atoms with Crippen molar-refractivity contribution in [1.29, 1.82) is 0 Å². The fourth-order valence-electron chi connectivity index (χ4n) is 13.7. The van der Waals surface area contributed by atoms with Gasteiger partial charge in [0.25, 0.3) is 0 Å². The van der Waals surface area contributed by atoms with Crippen LogP contribution in [0.3, 0.4) is 0 Å². The van der Waals surface area contributed by atoms with Gasteiger partial charge in [-0.25, -0.2) is 0 Å². The Morgan fingerprint density at radius 1 is 0.301 bits per heavy atom. The third-order valence-corrected chi connectivity index (χ3v) is 20.2. The number of allylic oxidation sites excluding steroid dienone is 5. The lowest BCUT2D eigenvalue weighted by molar-refractivity contribution is -0.143. The van der Waals surface area contributed by atoms with Gasteiger partial charge in [0.1, 0.15) is 0 Å². The van der Waals surface area contributed by atoms with E-state index in [0.717, 1.165) is 44.9 Å². The predicted octanol–water partition coefficient (Wildman–Crippen LogP) is 28.6. The largest absolute Gasteiger partial charge is 0.466 e. The maximum Gasteiger partial charge on any atom is 0.305 e. The number of aliphatic hydroxyl groups is 2. The van der Waals surface area contributed by atoms with E-state index in [9.17, 15) is 19.8 Å². The Hall–Kier alpha value is -1.92. The highest BCUT2D eigenvalue weighted by molar-refractivity contribution is 5.76. The Bertz CT molecular complexity index is 1510. The van der Waals surface area contributed by atoms with E-state index in [4.69, 9.17) is 4.74 Å². The lowest BCUT2D eigenvalue weighted by Crippen LogP contribution is -2.45. The van der Waals surface area contributed by atoms with E-state index in [1.54, 1.807) is 6.08 Å². The van der Waals surface area contributed by atoms with Gasteiger partial charge >= 0.3 is 5.97 Å². The molecule has 0 rings (SSSR count). The Kier molecular flexibility index (Phi) is 80.8. The zero-order valence-electron chi connectivity index (χ0n) is 63.3. The molecule has 6 nitrogen and oxygen atoms in total. The first kappa shape index (κ1) is 91.1. The van der Waals surface area contributed by atoms with E-state index in [1.807, 2.05) is 6.08 Å². The topological polar surface area (TPSA) is 95.9 Å². The lowest BCUT2D eigenvalue weighted by Gasteiger charge is -2.20. The standard InChI is InChI=1S/C87H167NO5/c1-3-5-7-9-11-13-15-17-19-21-23-44-47-51-55-59-63-67-71-75-79-85(90)84(83-89)88-86(91)80-76-72-68-64-60-56-52-48-45-41-39-37-35-33-31-29-27-25-24-26-28-30-32-34-36-38-40-42-46-50-54-58-62-66-70-74-78-82-93-87(92)81-77-73-69-65-61-57-53-49-43-22-20-18-16-14-12-10-8-6-4-2/h24,26,30,32,75,79,84-85,89-90H,3-23,25,27-29,31,33-74,76-78,80-83H2,1-2H3,(H,88,91)/b26-24-,32-30-,79-75+. The normalized spacial score (nSPS) is 12.6. The maximum atomic E-state index is 12.5. The monoisotopic (exact) mass is 1310 g/mol. The highest BCUT2D eigenvalue weighted by Crippen LogP contribution is 2.20. The summed E-state index contributed by atoms with van der Waals surface area (Å²) in [5, 5.41) is 23.3. The summed E-state index contributed by atoms with van der Waals surface area (Å²) in [7, 11) is 0. The number of carbonyl (C=O) groups excluding carboxylic acids is 2. The molecule has 0 saturated heterocycles. The number of hydrogen-bond acceptors (Lipinski definition) is 5. The molecule has 0 aliphatic carbocycles. The molecular weight excluding hydrogens is 1140 g/mol. The Balaban J connectivity index is 3.36. The smallest absolute Gasteiger partial charge is 0.305 e. The van der Waals surface area contributed by atoms with E-state index < -0.39 is 12.1 Å². The summed E-state index contributed by atoms with van der Waals surface area (Å²) in [5.41, 5.74) is 0. The minimum atomic E-state index is -0.844. The quantitative estimate of drug-likeness (QED) is 0.0320. The van der Waals surface area contributed by atoms with Crippen molar-refractivity contribution < 1.29 is 24.5 Å². The first-order chi connectivity index (χ1) is 46.0. The number of ether oxygens (including phenoxy) is 1. The van der Waals surface area contributed by atoms with Crippen LogP contribution in [0.2, 0.25) is 0 Å². The highest BCUT2D eigenvalue weighted by Gasteiger charge is 2.18. The molecule has 2 atom stereocenters. The van der Waals surface area contributed by atoms with E-state index in [2.05, 4.69) is 43.5 Å². The average molecular weight is 1310 g/mol. The average Bonchev–Trinajstić information content (AvgIpc) is 3.78. The number of esters is 1. The third kappa shape index (κ3) is 79.0. The van der Waals surface area contributed by atoms with E-state index in [1.165, 1.54) is 411 Å². The maximum absolute atomic E-state index is 12.5. The zero-order valence-corrected chi connectivity index (χ0v) is 63.3. The van der Waals surface area contributed by atoms with Crippen LogP contribution in [0.15, 0.2) is 36.5 Å². The zero-order chi connectivity index (χ0) is 67.0. The second kappa shape index (κ2) is 82.5. The van der Waals surface area contributed by atoms with Crippen LogP contribution < -0.4 is 5.32 Å². The summed E-state index contributed by atoms with van der Waals surface area (Å²) in [4.78, 5) is 24.7. The van der Waals surface area contributed by atoms with Crippen molar-refractivity contribution in [3.63, 3.8) is 0 Å². The van der Waals surface area contributed by atoms with Crippen LogP contribution >= 0.6 is 0 Å².